The lowest BCUT2D eigenvalue weighted by Gasteiger charge is -2.21. The Balaban J connectivity index is 3.15. The highest BCUT2D eigenvalue weighted by molar-refractivity contribution is 14.1. The molecule has 2 nitrogen and oxygen atoms in total. The van der Waals surface area contributed by atoms with Crippen molar-refractivity contribution in [1.29, 1.82) is 0 Å². The van der Waals surface area contributed by atoms with Gasteiger partial charge in [-0.05, 0) is 13.8 Å². The topological polar surface area (TPSA) is 25.8 Å². The molecule has 0 atom stereocenters. The maximum absolute atomic E-state index is 4.65. The van der Waals surface area contributed by atoms with Gasteiger partial charge < -0.3 is 0 Å². The van der Waals surface area contributed by atoms with Crippen LogP contribution in [0, 0.1) is 0 Å². The van der Waals surface area contributed by atoms with Crippen LogP contribution in [-0.4, -0.2) is 9.97 Å². The van der Waals surface area contributed by atoms with Gasteiger partial charge in [0.05, 0.1) is 14.8 Å². The van der Waals surface area contributed by atoms with Gasteiger partial charge in [0.25, 0.3) is 0 Å². The first-order chi connectivity index (χ1) is 6.21. The number of nitrogens with zero attached hydrogens (tertiary/aromatic N) is 2. The molecule has 0 N–H and O–H groups in total. The Morgan fingerprint density at radius 2 is 1.50 bits per heavy atom. The monoisotopic (exact) mass is 304 g/mol. The van der Waals surface area contributed by atoms with Crippen LogP contribution in [0.25, 0.3) is 0 Å². The van der Waals surface area contributed by atoms with Crippen molar-refractivity contribution < 1.29 is 0 Å². The summed E-state index contributed by atoms with van der Waals surface area (Å²) >= 11 is 2.38. The van der Waals surface area contributed by atoms with Gasteiger partial charge in [-0.15, -0.1) is 0 Å². The van der Waals surface area contributed by atoms with E-state index in [9.17, 15) is 0 Å². The highest BCUT2D eigenvalue weighted by Gasteiger charge is 2.22. The molecule has 0 saturated heterocycles. The number of hydrogen-bond acceptors (Lipinski definition) is 2. The average Bonchev–Trinajstić information content (AvgIpc) is 2.01. The SMILES string of the molecule is CC(C)(C)c1cncc(C(C)(C)I)n1. The second-order valence-corrected chi connectivity index (χ2v) is 7.71. The highest BCUT2D eigenvalue weighted by atomic mass is 127. The third-order valence-electron chi connectivity index (χ3n) is 2.01. The molecule has 0 aromatic carbocycles. The van der Waals surface area contributed by atoms with E-state index in [4.69, 9.17) is 0 Å². The molecule has 0 aliphatic rings. The second kappa shape index (κ2) is 3.76. The van der Waals surface area contributed by atoms with Crippen molar-refractivity contribution in [2.75, 3.05) is 0 Å². The van der Waals surface area contributed by atoms with Crippen molar-refractivity contribution in [3.63, 3.8) is 0 Å². The number of rotatable bonds is 1. The Labute approximate surface area is 99.7 Å². The molecular weight excluding hydrogens is 287 g/mol. The van der Waals surface area contributed by atoms with Gasteiger partial charge in [0.15, 0.2) is 0 Å². The quantitative estimate of drug-likeness (QED) is 0.587. The van der Waals surface area contributed by atoms with Gasteiger partial charge >= 0.3 is 0 Å². The zero-order valence-electron chi connectivity index (χ0n) is 9.43. The van der Waals surface area contributed by atoms with E-state index in [-0.39, 0.29) is 8.84 Å². The van der Waals surface area contributed by atoms with Crippen molar-refractivity contribution in [2.45, 2.75) is 43.5 Å². The van der Waals surface area contributed by atoms with Crippen LogP contribution in [0.4, 0.5) is 0 Å². The summed E-state index contributed by atoms with van der Waals surface area (Å²) < 4.78 is 0.0476. The fourth-order valence-corrected chi connectivity index (χ4v) is 1.27. The summed E-state index contributed by atoms with van der Waals surface area (Å²) in [6.07, 6.45) is 3.70. The summed E-state index contributed by atoms with van der Waals surface area (Å²) in [5.74, 6) is 0. The molecule has 0 unspecified atom stereocenters. The number of aromatic nitrogens is 2. The third-order valence-corrected chi connectivity index (χ3v) is 2.56. The van der Waals surface area contributed by atoms with E-state index in [2.05, 4.69) is 67.2 Å². The smallest absolute Gasteiger partial charge is 0.0743 e. The van der Waals surface area contributed by atoms with Crippen LogP contribution in [0.2, 0.25) is 0 Å². The van der Waals surface area contributed by atoms with Crippen molar-refractivity contribution in [1.82, 2.24) is 9.97 Å². The van der Waals surface area contributed by atoms with Gasteiger partial charge in [0.2, 0.25) is 0 Å². The standard InChI is InChI=1S/C11H17IN2/c1-10(2,3)8-6-13-7-9(14-8)11(4,5)12/h6-7H,1-5H3. The maximum Gasteiger partial charge on any atom is 0.0743 e. The Morgan fingerprint density at radius 3 is 1.93 bits per heavy atom. The molecular formula is C11H17IN2. The fraction of sp³-hybridized carbons (Fsp3) is 0.636. The molecule has 0 aliphatic carbocycles. The second-order valence-electron chi connectivity index (χ2n) is 5.01. The molecule has 0 aliphatic heterocycles. The van der Waals surface area contributed by atoms with E-state index < -0.39 is 0 Å². The molecule has 0 saturated carbocycles. The first-order valence-corrected chi connectivity index (χ1v) is 5.81. The van der Waals surface area contributed by atoms with E-state index in [0.717, 1.165) is 11.4 Å². The summed E-state index contributed by atoms with van der Waals surface area (Å²) in [7, 11) is 0. The van der Waals surface area contributed by atoms with Crippen LogP contribution < -0.4 is 0 Å². The largest absolute Gasteiger partial charge is 0.261 e. The summed E-state index contributed by atoms with van der Waals surface area (Å²) in [5.41, 5.74) is 2.18. The van der Waals surface area contributed by atoms with Crippen LogP contribution in [-0.2, 0) is 8.84 Å². The van der Waals surface area contributed by atoms with Gasteiger partial charge in [-0.1, -0.05) is 43.4 Å². The van der Waals surface area contributed by atoms with E-state index in [1.54, 1.807) is 0 Å². The summed E-state index contributed by atoms with van der Waals surface area (Å²) in [6.45, 7) is 10.7. The molecule has 0 fully saturated rings. The minimum absolute atomic E-state index is 0.0476. The number of hydrogen-bond donors (Lipinski definition) is 0. The molecule has 78 valence electrons. The lowest BCUT2D eigenvalue weighted by molar-refractivity contribution is 0.557. The first kappa shape index (κ1) is 11.9. The van der Waals surface area contributed by atoms with Crippen LogP contribution >= 0.6 is 22.6 Å². The number of halogens is 1. The minimum atomic E-state index is 0.0476. The normalized spacial score (nSPS) is 13.0. The van der Waals surface area contributed by atoms with Crippen molar-refractivity contribution in [2.24, 2.45) is 0 Å². The molecule has 1 heterocycles. The zero-order valence-corrected chi connectivity index (χ0v) is 11.6. The van der Waals surface area contributed by atoms with Gasteiger partial charge in [-0.3, -0.25) is 9.97 Å². The number of alkyl halides is 1. The molecule has 1 aromatic heterocycles. The van der Waals surface area contributed by atoms with Gasteiger partial charge in [-0.2, -0.15) is 0 Å². The Morgan fingerprint density at radius 1 is 1.00 bits per heavy atom. The minimum Gasteiger partial charge on any atom is -0.261 e. The Kier molecular flexibility index (Phi) is 3.19. The molecule has 1 rings (SSSR count). The predicted molar refractivity (Wildman–Crippen MR) is 67.8 cm³/mol. The fourth-order valence-electron chi connectivity index (χ4n) is 1.01. The highest BCUT2D eigenvalue weighted by Crippen LogP contribution is 2.30. The van der Waals surface area contributed by atoms with Crippen LogP contribution in [0.1, 0.15) is 46.0 Å². The van der Waals surface area contributed by atoms with Crippen molar-refractivity contribution in [3.8, 4) is 0 Å². The molecule has 14 heavy (non-hydrogen) atoms. The van der Waals surface area contributed by atoms with Gasteiger partial charge in [-0.25, -0.2) is 0 Å². The van der Waals surface area contributed by atoms with Crippen LogP contribution in [0.5, 0.6) is 0 Å². The van der Waals surface area contributed by atoms with Crippen LogP contribution in [0.3, 0.4) is 0 Å². The van der Waals surface area contributed by atoms with E-state index >= 15 is 0 Å². The van der Waals surface area contributed by atoms with Crippen LogP contribution in [0.15, 0.2) is 12.4 Å². The predicted octanol–water partition coefficient (Wildman–Crippen LogP) is 3.44. The van der Waals surface area contributed by atoms with E-state index in [0.29, 0.717) is 0 Å². The molecule has 0 spiro atoms. The van der Waals surface area contributed by atoms with Gasteiger partial charge in [0, 0.05) is 17.8 Å². The molecule has 0 bridgehead atoms. The van der Waals surface area contributed by atoms with E-state index in [1.807, 2.05) is 12.4 Å². The van der Waals surface area contributed by atoms with Crippen molar-refractivity contribution in [3.05, 3.63) is 23.8 Å². The lowest BCUT2D eigenvalue weighted by Crippen LogP contribution is -2.18. The van der Waals surface area contributed by atoms with Gasteiger partial charge in [0.1, 0.15) is 0 Å². The Hall–Kier alpha value is -0.190. The lowest BCUT2D eigenvalue weighted by atomic mass is 9.92. The van der Waals surface area contributed by atoms with E-state index in [1.165, 1.54) is 0 Å². The Bertz CT molecular complexity index is 292. The summed E-state index contributed by atoms with van der Waals surface area (Å²) in [5, 5.41) is 0. The zero-order chi connectivity index (χ0) is 11.0. The maximum atomic E-state index is 4.65. The molecule has 1 aromatic rings. The molecule has 0 radical (unpaired) electrons. The average molecular weight is 304 g/mol. The van der Waals surface area contributed by atoms with Crippen molar-refractivity contribution >= 4 is 22.6 Å². The first-order valence-electron chi connectivity index (χ1n) is 4.73. The molecule has 3 heteroatoms. The summed E-state index contributed by atoms with van der Waals surface area (Å²) in [4.78, 5) is 8.90. The molecule has 0 amide bonds. The third kappa shape index (κ3) is 2.90. The summed E-state index contributed by atoms with van der Waals surface area (Å²) in [6, 6.07) is 0.